The number of fused-ring (bicyclic) bond motifs is 3. The van der Waals surface area contributed by atoms with Crippen molar-refractivity contribution in [3.8, 4) is 11.1 Å². The molecule has 0 fully saturated rings. The zero-order chi connectivity index (χ0) is 24.1. The highest BCUT2D eigenvalue weighted by molar-refractivity contribution is 6.01. The van der Waals surface area contributed by atoms with Gasteiger partial charge in [0.25, 0.3) is 5.91 Å². The number of carbonyl (C=O) groups is 3. The van der Waals surface area contributed by atoms with Crippen LogP contribution in [-0.4, -0.2) is 35.7 Å². The molecule has 0 unspecified atom stereocenters. The third kappa shape index (κ3) is 4.80. The molecule has 34 heavy (non-hydrogen) atoms. The van der Waals surface area contributed by atoms with Gasteiger partial charge in [-0.3, -0.25) is 10.1 Å². The van der Waals surface area contributed by atoms with Crippen LogP contribution >= 0.6 is 0 Å². The average molecular weight is 463 g/mol. The Hall–Kier alpha value is -4.07. The Bertz CT molecular complexity index is 1160. The van der Waals surface area contributed by atoms with E-state index in [1.165, 1.54) is 12.3 Å². The summed E-state index contributed by atoms with van der Waals surface area (Å²) in [7, 11) is 0. The molecule has 0 radical (unpaired) electrons. The molecular formula is C26H26N2O6. The summed E-state index contributed by atoms with van der Waals surface area (Å²) in [5, 5.41) is 14.3. The van der Waals surface area contributed by atoms with Crippen LogP contribution in [0.5, 0.6) is 0 Å². The van der Waals surface area contributed by atoms with Crippen molar-refractivity contribution in [1.29, 1.82) is 0 Å². The molecule has 0 spiro atoms. The molecule has 0 bridgehead atoms. The van der Waals surface area contributed by atoms with E-state index in [2.05, 4.69) is 22.8 Å². The second kappa shape index (κ2) is 10.2. The van der Waals surface area contributed by atoms with Gasteiger partial charge in [0.05, 0.1) is 12.0 Å². The third-order valence-electron chi connectivity index (χ3n) is 5.90. The standard InChI is InChI=1S/C26H26N2O6/c1-2-3-12-22(25(30)31)27-24(29)23-21(13-14-33-23)28-26(32)34-15-20-18-10-6-4-8-16(18)17-9-5-7-11-19(17)20/h4-11,13-14,20,22H,2-3,12,15H2,1H3,(H,27,29)(H,28,32)(H,30,31)/t22-/m0/s1. The van der Waals surface area contributed by atoms with Gasteiger partial charge in [-0.1, -0.05) is 68.3 Å². The molecule has 8 nitrogen and oxygen atoms in total. The number of unbranched alkanes of at least 4 members (excludes halogenated alkanes) is 1. The largest absolute Gasteiger partial charge is 0.480 e. The van der Waals surface area contributed by atoms with Gasteiger partial charge in [-0.2, -0.15) is 0 Å². The number of benzene rings is 2. The van der Waals surface area contributed by atoms with E-state index in [1.54, 1.807) is 0 Å². The molecule has 176 valence electrons. The Morgan fingerprint density at radius 2 is 1.68 bits per heavy atom. The minimum atomic E-state index is -1.13. The Morgan fingerprint density at radius 1 is 1.03 bits per heavy atom. The lowest BCUT2D eigenvalue weighted by atomic mass is 9.98. The fraction of sp³-hybridized carbons (Fsp3) is 0.269. The second-order valence-corrected chi connectivity index (χ2v) is 8.12. The summed E-state index contributed by atoms with van der Waals surface area (Å²) in [6.45, 7) is 2.06. The van der Waals surface area contributed by atoms with E-state index in [-0.39, 0.29) is 24.0 Å². The van der Waals surface area contributed by atoms with Gasteiger partial charge in [0.15, 0.2) is 0 Å². The number of hydrogen-bond acceptors (Lipinski definition) is 5. The van der Waals surface area contributed by atoms with Gasteiger partial charge in [-0.25, -0.2) is 9.59 Å². The van der Waals surface area contributed by atoms with E-state index in [0.717, 1.165) is 28.7 Å². The lowest BCUT2D eigenvalue weighted by molar-refractivity contribution is -0.139. The fourth-order valence-corrected chi connectivity index (χ4v) is 4.22. The predicted octanol–water partition coefficient (Wildman–Crippen LogP) is 5.01. The number of hydrogen-bond donors (Lipinski definition) is 3. The van der Waals surface area contributed by atoms with Gasteiger partial charge in [0.1, 0.15) is 12.6 Å². The lowest BCUT2D eigenvalue weighted by Gasteiger charge is -2.15. The van der Waals surface area contributed by atoms with Crippen LogP contribution in [0.15, 0.2) is 65.3 Å². The number of carboxylic acids is 1. The van der Waals surface area contributed by atoms with Crippen molar-refractivity contribution in [2.45, 2.75) is 38.1 Å². The first-order chi connectivity index (χ1) is 16.5. The van der Waals surface area contributed by atoms with E-state index in [0.29, 0.717) is 12.8 Å². The van der Waals surface area contributed by atoms with Gasteiger partial charge < -0.3 is 19.6 Å². The summed E-state index contributed by atoms with van der Waals surface area (Å²) in [5.74, 6) is -2.13. The van der Waals surface area contributed by atoms with Crippen molar-refractivity contribution in [2.75, 3.05) is 11.9 Å². The maximum atomic E-state index is 12.6. The van der Waals surface area contributed by atoms with E-state index < -0.39 is 24.0 Å². The van der Waals surface area contributed by atoms with Crippen molar-refractivity contribution in [3.05, 3.63) is 77.7 Å². The minimum absolute atomic E-state index is 0.0971. The number of anilines is 1. The van der Waals surface area contributed by atoms with Crippen molar-refractivity contribution in [3.63, 3.8) is 0 Å². The van der Waals surface area contributed by atoms with Gasteiger partial charge >= 0.3 is 12.1 Å². The number of nitrogens with one attached hydrogen (secondary N) is 2. The first kappa shape index (κ1) is 23.1. The first-order valence-corrected chi connectivity index (χ1v) is 11.2. The fourth-order valence-electron chi connectivity index (χ4n) is 4.22. The SMILES string of the molecule is CCCC[C@H](NC(=O)c1occc1NC(=O)OCC1c2ccccc2-c2ccccc21)C(=O)O. The number of aliphatic carboxylic acids is 1. The number of ether oxygens (including phenoxy) is 1. The highest BCUT2D eigenvalue weighted by Gasteiger charge is 2.29. The van der Waals surface area contributed by atoms with Crippen LogP contribution in [0, 0.1) is 0 Å². The number of carboxylic acid groups (broad SMARTS) is 1. The highest BCUT2D eigenvalue weighted by atomic mass is 16.5. The first-order valence-electron chi connectivity index (χ1n) is 11.2. The molecule has 1 aliphatic carbocycles. The predicted molar refractivity (Wildman–Crippen MR) is 126 cm³/mol. The van der Waals surface area contributed by atoms with Crippen LogP contribution < -0.4 is 10.6 Å². The lowest BCUT2D eigenvalue weighted by Crippen LogP contribution is -2.40. The molecule has 1 aromatic heterocycles. The quantitative estimate of drug-likeness (QED) is 0.411. The Kier molecular flexibility index (Phi) is 6.96. The zero-order valence-corrected chi connectivity index (χ0v) is 18.7. The molecule has 2 aromatic carbocycles. The summed E-state index contributed by atoms with van der Waals surface area (Å²) in [4.78, 5) is 36.5. The zero-order valence-electron chi connectivity index (χ0n) is 18.7. The molecule has 0 saturated carbocycles. The van der Waals surface area contributed by atoms with Crippen molar-refractivity contribution >= 4 is 23.7 Å². The van der Waals surface area contributed by atoms with Crippen LogP contribution in [-0.2, 0) is 9.53 Å². The monoisotopic (exact) mass is 462 g/mol. The molecule has 4 rings (SSSR count). The van der Waals surface area contributed by atoms with Crippen molar-refractivity contribution < 1.29 is 28.6 Å². The smallest absolute Gasteiger partial charge is 0.411 e. The Balaban J connectivity index is 1.40. The topological polar surface area (TPSA) is 118 Å². The van der Waals surface area contributed by atoms with Crippen LogP contribution in [0.1, 0.15) is 53.8 Å². The molecule has 8 heteroatoms. The van der Waals surface area contributed by atoms with Crippen molar-refractivity contribution in [2.24, 2.45) is 0 Å². The number of rotatable bonds is 9. The molecule has 1 aliphatic rings. The summed E-state index contributed by atoms with van der Waals surface area (Å²) in [6, 6.07) is 16.4. The Morgan fingerprint density at radius 3 is 2.29 bits per heavy atom. The van der Waals surface area contributed by atoms with E-state index in [4.69, 9.17) is 9.15 Å². The van der Waals surface area contributed by atoms with Gasteiger partial charge in [0.2, 0.25) is 5.76 Å². The molecule has 2 amide bonds. The number of amides is 2. The maximum Gasteiger partial charge on any atom is 0.411 e. The van der Waals surface area contributed by atoms with Gasteiger partial charge in [0, 0.05) is 12.0 Å². The Labute approximate surface area is 196 Å². The number of carbonyl (C=O) groups excluding carboxylic acids is 2. The average Bonchev–Trinajstić information content (AvgIpc) is 3.42. The number of furan rings is 1. The van der Waals surface area contributed by atoms with E-state index in [1.807, 2.05) is 43.3 Å². The van der Waals surface area contributed by atoms with E-state index >= 15 is 0 Å². The normalized spacial score (nSPS) is 13.0. The van der Waals surface area contributed by atoms with Crippen LogP contribution in [0.4, 0.5) is 10.5 Å². The van der Waals surface area contributed by atoms with Crippen LogP contribution in [0.2, 0.25) is 0 Å². The molecule has 1 atom stereocenters. The van der Waals surface area contributed by atoms with Crippen LogP contribution in [0.3, 0.4) is 0 Å². The molecule has 0 aliphatic heterocycles. The molecule has 1 heterocycles. The minimum Gasteiger partial charge on any atom is -0.480 e. The molecule has 3 aromatic rings. The van der Waals surface area contributed by atoms with Crippen LogP contribution in [0.25, 0.3) is 11.1 Å². The van der Waals surface area contributed by atoms with Gasteiger partial charge in [-0.15, -0.1) is 0 Å². The summed E-state index contributed by atoms with van der Waals surface area (Å²) >= 11 is 0. The molecular weight excluding hydrogens is 436 g/mol. The summed E-state index contributed by atoms with van der Waals surface area (Å²) in [5.41, 5.74) is 4.53. The summed E-state index contributed by atoms with van der Waals surface area (Å²) in [6.07, 6.45) is 2.26. The highest BCUT2D eigenvalue weighted by Crippen LogP contribution is 2.44. The molecule has 0 saturated heterocycles. The van der Waals surface area contributed by atoms with E-state index in [9.17, 15) is 19.5 Å². The second-order valence-electron chi connectivity index (χ2n) is 8.12. The summed E-state index contributed by atoms with van der Waals surface area (Å²) < 4.78 is 10.7. The van der Waals surface area contributed by atoms with Crippen molar-refractivity contribution in [1.82, 2.24) is 5.32 Å². The maximum absolute atomic E-state index is 12.6. The van der Waals surface area contributed by atoms with Gasteiger partial charge in [-0.05, 0) is 28.7 Å². The third-order valence-corrected chi connectivity index (χ3v) is 5.90. The molecule has 3 N–H and O–H groups in total.